The minimum atomic E-state index is -1.82. The number of hydrogen-bond acceptors (Lipinski definition) is 6. The summed E-state index contributed by atoms with van der Waals surface area (Å²) in [5.74, 6) is -4.00. The number of methoxy groups -OCH3 is 1. The summed E-state index contributed by atoms with van der Waals surface area (Å²) >= 11 is 0. The van der Waals surface area contributed by atoms with Crippen LogP contribution in [0.25, 0.3) is 0 Å². The third kappa shape index (κ3) is 7.33. The molecule has 1 aliphatic rings. The first kappa shape index (κ1) is 27.1. The highest BCUT2D eigenvalue weighted by atomic mass is 16.5. The fourth-order valence-electron chi connectivity index (χ4n) is 3.81. The van der Waals surface area contributed by atoms with Crippen molar-refractivity contribution in [3.8, 4) is 0 Å². The second kappa shape index (κ2) is 13.5. The maximum atomic E-state index is 12.9. The average molecular weight is 451 g/mol. The Kier molecular flexibility index (Phi) is 11.4. The van der Waals surface area contributed by atoms with Crippen molar-refractivity contribution < 1.29 is 34.1 Å². The maximum absolute atomic E-state index is 12.9. The van der Waals surface area contributed by atoms with Crippen LogP contribution in [0.15, 0.2) is 30.3 Å². The molecule has 0 spiro atoms. The molecule has 0 atom stereocenters. The number of likely N-dealkylation sites (tertiary alicyclic amines) is 1. The third-order valence-electron chi connectivity index (χ3n) is 5.50. The molecule has 1 fully saturated rings. The lowest BCUT2D eigenvalue weighted by Gasteiger charge is -2.46. The second-order valence-corrected chi connectivity index (χ2v) is 7.60. The first-order chi connectivity index (χ1) is 15.2. The van der Waals surface area contributed by atoms with Gasteiger partial charge in [-0.2, -0.15) is 0 Å². The van der Waals surface area contributed by atoms with Crippen LogP contribution in [0.5, 0.6) is 0 Å². The van der Waals surface area contributed by atoms with E-state index in [2.05, 4.69) is 11.8 Å². The number of anilines is 1. The number of unbranched alkanes of at least 4 members (excludes halogenated alkanes) is 2. The lowest BCUT2D eigenvalue weighted by Crippen LogP contribution is -2.62. The molecule has 1 aliphatic heterocycles. The Hall–Kier alpha value is -2.94. The molecule has 0 unspecified atom stereocenters. The van der Waals surface area contributed by atoms with E-state index >= 15 is 0 Å². The van der Waals surface area contributed by atoms with E-state index < -0.39 is 17.5 Å². The van der Waals surface area contributed by atoms with Gasteiger partial charge in [-0.1, -0.05) is 44.9 Å². The minimum absolute atomic E-state index is 0.0407. The van der Waals surface area contributed by atoms with E-state index in [1.807, 2.05) is 37.3 Å². The Morgan fingerprint density at radius 2 is 1.56 bits per heavy atom. The zero-order valence-corrected chi connectivity index (χ0v) is 19.1. The molecular formula is C23H34N2O7. The molecule has 1 amide bonds. The van der Waals surface area contributed by atoms with Crippen molar-refractivity contribution in [2.75, 3.05) is 31.6 Å². The molecule has 0 aromatic heterocycles. The highest BCUT2D eigenvalue weighted by Crippen LogP contribution is 2.35. The summed E-state index contributed by atoms with van der Waals surface area (Å²) < 4.78 is 5.17. The standard InChI is InChI=1S/C21H32N2O3.C2H2O4/c1-4-6-10-15-22-16-13-21(14-17-22,20(25)26-3)23(19(24)5-2)18-11-8-7-9-12-18;3-1(4)2(5)6/h7-9,11-12H,4-6,10,13-17H2,1-3H3;(H,3,4)(H,5,6). The molecule has 9 nitrogen and oxygen atoms in total. The van der Waals surface area contributed by atoms with Crippen LogP contribution in [-0.4, -0.2) is 71.2 Å². The zero-order valence-electron chi connectivity index (χ0n) is 19.1. The van der Waals surface area contributed by atoms with Gasteiger partial charge in [0.1, 0.15) is 5.54 Å². The lowest BCUT2D eigenvalue weighted by molar-refractivity contribution is -0.159. The molecule has 0 bridgehead atoms. The number of benzene rings is 1. The molecule has 0 saturated carbocycles. The molecule has 0 radical (unpaired) electrons. The topological polar surface area (TPSA) is 124 Å². The smallest absolute Gasteiger partial charge is 0.414 e. The fourth-order valence-corrected chi connectivity index (χ4v) is 3.81. The van der Waals surface area contributed by atoms with E-state index in [4.69, 9.17) is 24.5 Å². The zero-order chi connectivity index (χ0) is 24.1. The van der Waals surface area contributed by atoms with Gasteiger partial charge in [0.25, 0.3) is 0 Å². The number of rotatable bonds is 8. The molecule has 1 saturated heterocycles. The lowest BCUT2D eigenvalue weighted by atomic mass is 9.84. The van der Waals surface area contributed by atoms with Gasteiger partial charge < -0.3 is 19.8 Å². The molecule has 178 valence electrons. The van der Waals surface area contributed by atoms with Gasteiger partial charge in [-0.15, -0.1) is 0 Å². The normalized spacial score (nSPS) is 15.1. The van der Waals surface area contributed by atoms with E-state index in [0.29, 0.717) is 19.3 Å². The number of esters is 1. The van der Waals surface area contributed by atoms with Gasteiger partial charge >= 0.3 is 17.9 Å². The Labute approximate surface area is 189 Å². The monoisotopic (exact) mass is 450 g/mol. The minimum Gasteiger partial charge on any atom is -0.473 e. The van der Waals surface area contributed by atoms with Crippen molar-refractivity contribution in [3.63, 3.8) is 0 Å². The number of amides is 1. The van der Waals surface area contributed by atoms with Gasteiger partial charge in [-0.25, -0.2) is 14.4 Å². The Bertz CT molecular complexity index is 747. The summed E-state index contributed by atoms with van der Waals surface area (Å²) in [5.41, 5.74) is -0.144. The average Bonchev–Trinajstić information content (AvgIpc) is 2.80. The van der Waals surface area contributed by atoms with Crippen LogP contribution in [0.4, 0.5) is 5.69 Å². The molecule has 1 heterocycles. The predicted molar refractivity (Wildman–Crippen MR) is 119 cm³/mol. The predicted octanol–water partition coefficient (Wildman–Crippen LogP) is 2.78. The fraction of sp³-hybridized carbons (Fsp3) is 0.565. The van der Waals surface area contributed by atoms with Gasteiger partial charge in [-0.3, -0.25) is 9.69 Å². The van der Waals surface area contributed by atoms with Crippen molar-refractivity contribution in [1.82, 2.24) is 4.90 Å². The number of carboxylic acid groups (broad SMARTS) is 2. The first-order valence-electron chi connectivity index (χ1n) is 10.9. The summed E-state index contributed by atoms with van der Waals surface area (Å²) in [6.07, 6.45) is 5.17. The van der Waals surface area contributed by atoms with Crippen molar-refractivity contribution >= 4 is 29.5 Å². The molecular weight excluding hydrogens is 416 g/mol. The van der Waals surface area contributed by atoms with Crippen LogP contribution in [0.2, 0.25) is 0 Å². The molecule has 1 aromatic rings. The van der Waals surface area contributed by atoms with Crippen molar-refractivity contribution in [3.05, 3.63) is 30.3 Å². The summed E-state index contributed by atoms with van der Waals surface area (Å²) in [4.78, 5) is 48.0. The number of aliphatic carboxylic acids is 2. The summed E-state index contributed by atoms with van der Waals surface area (Å²) in [5, 5.41) is 14.8. The first-order valence-corrected chi connectivity index (χ1v) is 10.9. The van der Waals surface area contributed by atoms with Gasteiger partial charge in [0.15, 0.2) is 0 Å². The number of para-hydroxylation sites is 1. The number of carboxylic acids is 2. The van der Waals surface area contributed by atoms with Gasteiger partial charge in [0.2, 0.25) is 5.91 Å². The molecule has 1 aromatic carbocycles. The molecule has 9 heteroatoms. The van der Waals surface area contributed by atoms with Crippen LogP contribution < -0.4 is 4.90 Å². The van der Waals surface area contributed by atoms with Crippen LogP contribution in [0.1, 0.15) is 52.4 Å². The Balaban J connectivity index is 0.000000751. The quantitative estimate of drug-likeness (QED) is 0.352. The SMILES string of the molecule is CCCCCN1CCC(C(=O)OC)(N(C(=O)CC)c2ccccc2)CC1.O=C(O)C(=O)O. The van der Waals surface area contributed by atoms with Crippen LogP contribution in [0, 0.1) is 0 Å². The Morgan fingerprint density at radius 1 is 1.00 bits per heavy atom. The molecule has 32 heavy (non-hydrogen) atoms. The van der Waals surface area contributed by atoms with E-state index in [1.54, 1.807) is 4.90 Å². The number of hydrogen-bond donors (Lipinski definition) is 2. The van der Waals surface area contributed by atoms with Gasteiger partial charge in [0.05, 0.1) is 7.11 Å². The van der Waals surface area contributed by atoms with E-state index in [0.717, 1.165) is 25.3 Å². The number of carbonyl (C=O) groups is 4. The van der Waals surface area contributed by atoms with Gasteiger partial charge in [-0.05, 0) is 37.9 Å². The summed E-state index contributed by atoms with van der Waals surface area (Å²) in [6, 6.07) is 9.50. The highest BCUT2D eigenvalue weighted by molar-refractivity contribution is 6.27. The number of piperidine rings is 1. The van der Waals surface area contributed by atoms with Crippen molar-refractivity contribution in [1.29, 1.82) is 0 Å². The summed E-state index contributed by atoms with van der Waals surface area (Å²) in [6.45, 7) is 6.70. The largest absolute Gasteiger partial charge is 0.473 e. The molecule has 2 rings (SSSR count). The van der Waals surface area contributed by atoms with E-state index in [9.17, 15) is 9.59 Å². The van der Waals surface area contributed by atoms with Crippen LogP contribution >= 0.6 is 0 Å². The highest BCUT2D eigenvalue weighted by Gasteiger charge is 2.49. The van der Waals surface area contributed by atoms with E-state index in [1.165, 1.54) is 26.4 Å². The number of ether oxygens (including phenoxy) is 1. The molecule has 2 N–H and O–H groups in total. The van der Waals surface area contributed by atoms with Crippen LogP contribution in [0.3, 0.4) is 0 Å². The van der Waals surface area contributed by atoms with Crippen molar-refractivity contribution in [2.24, 2.45) is 0 Å². The van der Waals surface area contributed by atoms with Gasteiger partial charge in [0, 0.05) is 25.2 Å². The third-order valence-corrected chi connectivity index (χ3v) is 5.50. The summed E-state index contributed by atoms with van der Waals surface area (Å²) in [7, 11) is 1.41. The van der Waals surface area contributed by atoms with Crippen molar-refractivity contribution in [2.45, 2.75) is 57.9 Å². The van der Waals surface area contributed by atoms with Crippen LogP contribution in [-0.2, 0) is 23.9 Å². The Morgan fingerprint density at radius 3 is 2.00 bits per heavy atom. The number of nitrogens with zero attached hydrogens (tertiary/aromatic N) is 2. The maximum Gasteiger partial charge on any atom is 0.414 e. The van der Waals surface area contributed by atoms with E-state index in [-0.39, 0.29) is 11.9 Å². The molecule has 0 aliphatic carbocycles. The second-order valence-electron chi connectivity index (χ2n) is 7.60. The number of carbonyl (C=O) groups excluding carboxylic acids is 2.